The number of phenolic OH excluding ortho intramolecular Hbond substituents is 1. The van der Waals surface area contributed by atoms with Crippen molar-refractivity contribution in [3.63, 3.8) is 0 Å². The van der Waals surface area contributed by atoms with Gasteiger partial charge < -0.3 is 19.0 Å². The van der Waals surface area contributed by atoms with E-state index in [9.17, 15) is 5.11 Å². The predicted octanol–water partition coefficient (Wildman–Crippen LogP) is 5.06. The quantitative estimate of drug-likeness (QED) is 0.543. The number of phenols is 1. The summed E-state index contributed by atoms with van der Waals surface area (Å²) in [4.78, 5) is 4.75. The molecule has 0 aliphatic heterocycles. The number of rotatable bonds is 4. The van der Waals surface area contributed by atoms with Gasteiger partial charge in [0.2, 0.25) is 0 Å². The standard InChI is InChI=1S/C23H19NO4/c1-26-18-8-3-15(4-9-18)23-14-21(20-13-17(25)7-12-22(20)28-23)24-16-5-10-19(27-2)11-6-16/h3-14,25H,1-2H3/b24-21+. The largest absolute Gasteiger partial charge is 0.508 e. The van der Waals surface area contributed by atoms with Crippen molar-refractivity contribution in [1.29, 1.82) is 0 Å². The second-order valence-corrected chi connectivity index (χ2v) is 6.21. The van der Waals surface area contributed by atoms with Crippen LogP contribution < -0.4 is 14.8 Å². The maximum Gasteiger partial charge on any atom is 0.137 e. The van der Waals surface area contributed by atoms with Crippen molar-refractivity contribution in [2.24, 2.45) is 4.99 Å². The fourth-order valence-electron chi connectivity index (χ4n) is 2.94. The van der Waals surface area contributed by atoms with Gasteiger partial charge in [-0.1, -0.05) is 0 Å². The maximum absolute atomic E-state index is 9.92. The predicted molar refractivity (Wildman–Crippen MR) is 108 cm³/mol. The van der Waals surface area contributed by atoms with E-state index in [-0.39, 0.29) is 5.75 Å². The minimum atomic E-state index is 0.158. The van der Waals surface area contributed by atoms with Crippen molar-refractivity contribution in [3.8, 4) is 28.6 Å². The summed E-state index contributed by atoms with van der Waals surface area (Å²) in [5.74, 6) is 2.38. The van der Waals surface area contributed by atoms with Crippen molar-refractivity contribution < 1.29 is 19.0 Å². The van der Waals surface area contributed by atoms with Gasteiger partial charge >= 0.3 is 0 Å². The van der Waals surface area contributed by atoms with Gasteiger partial charge in [0.05, 0.1) is 25.3 Å². The SMILES string of the molecule is COc1ccc(/N=c2\cc(-c3ccc(OC)cc3)oc3ccc(O)cc23)cc1. The lowest BCUT2D eigenvalue weighted by Gasteiger charge is -2.07. The van der Waals surface area contributed by atoms with E-state index >= 15 is 0 Å². The molecule has 1 heterocycles. The average molecular weight is 373 g/mol. The number of ether oxygens (including phenoxy) is 2. The summed E-state index contributed by atoms with van der Waals surface area (Å²) in [6.45, 7) is 0. The highest BCUT2D eigenvalue weighted by molar-refractivity contribution is 5.80. The highest BCUT2D eigenvalue weighted by Gasteiger charge is 2.08. The summed E-state index contributed by atoms with van der Waals surface area (Å²) in [7, 11) is 3.26. The summed E-state index contributed by atoms with van der Waals surface area (Å²) in [5.41, 5.74) is 2.32. The first kappa shape index (κ1) is 17.7. The van der Waals surface area contributed by atoms with Crippen LogP contribution >= 0.6 is 0 Å². The molecule has 0 aliphatic carbocycles. The molecule has 5 nitrogen and oxygen atoms in total. The maximum atomic E-state index is 9.92. The zero-order valence-electron chi connectivity index (χ0n) is 15.5. The van der Waals surface area contributed by atoms with Crippen LogP contribution in [0.5, 0.6) is 17.2 Å². The second kappa shape index (κ2) is 7.48. The summed E-state index contributed by atoms with van der Waals surface area (Å²) in [6.07, 6.45) is 0. The molecule has 0 amide bonds. The Labute approximate surface area is 162 Å². The zero-order valence-corrected chi connectivity index (χ0v) is 15.5. The van der Waals surface area contributed by atoms with Gasteiger partial charge in [-0.05, 0) is 66.7 Å². The molecule has 0 aliphatic rings. The molecule has 0 saturated heterocycles. The molecule has 28 heavy (non-hydrogen) atoms. The van der Waals surface area contributed by atoms with Crippen LogP contribution in [0.2, 0.25) is 0 Å². The Morgan fingerprint density at radius 1 is 0.786 bits per heavy atom. The molecule has 4 rings (SSSR count). The molecule has 0 bridgehead atoms. The van der Waals surface area contributed by atoms with Crippen LogP contribution in [0.25, 0.3) is 22.3 Å². The van der Waals surface area contributed by atoms with Gasteiger partial charge in [-0.3, -0.25) is 0 Å². The molecule has 3 aromatic carbocycles. The highest BCUT2D eigenvalue weighted by atomic mass is 16.5. The Hall–Kier alpha value is -3.73. The summed E-state index contributed by atoms with van der Waals surface area (Å²) in [5, 5.41) is 11.4. The van der Waals surface area contributed by atoms with E-state index in [0.717, 1.165) is 28.1 Å². The number of benzene rings is 3. The average Bonchev–Trinajstić information content (AvgIpc) is 2.74. The normalized spacial score (nSPS) is 11.6. The summed E-state index contributed by atoms with van der Waals surface area (Å²) >= 11 is 0. The second-order valence-electron chi connectivity index (χ2n) is 6.21. The Morgan fingerprint density at radius 3 is 2.07 bits per heavy atom. The Morgan fingerprint density at radius 2 is 1.43 bits per heavy atom. The number of hydrogen-bond donors (Lipinski definition) is 1. The molecule has 4 aromatic rings. The van der Waals surface area contributed by atoms with Gasteiger partial charge in [0.1, 0.15) is 28.6 Å². The van der Waals surface area contributed by atoms with Gasteiger partial charge in [-0.25, -0.2) is 4.99 Å². The highest BCUT2D eigenvalue weighted by Crippen LogP contribution is 2.26. The lowest BCUT2D eigenvalue weighted by Crippen LogP contribution is -2.03. The molecule has 1 N–H and O–H groups in total. The van der Waals surface area contributed by atoms with E-state index in [1.54, 1.807) is 32.4 Å². The Balaban J connectivity index is 1.91. The van der Waals surface area contributed by atoms with Gasteiger partial charge in [0.25, 0.3) is 0 Å². The molecular formula is C23H19NO4. The molecule has 140 valence electrons. The van der Waals surface area contributed by atoms with Gasteiger partial charge in [-0.2, -0.15) is 0 Å². The van der Waals surface area contributed by atoms with E-state index in [1.807, 2.05) is 54.6 Å². The fourth-order valence-corrected chi connectivity index (χ4v) is 2.94. The molecule has 0 fully saturated rings. The van der Waals surface area contributed by atoms with Crippen LogP contribution in [0.15, 0.2) is 82.2 Å². The van der Waals surface area contributed by atoms with Gasteiger partial charge in [-0.15, -0.1) is 0 Å². The van der Waals surface area contributed by atoms with Crippen LogP contribution in [0.3, 0.4) is 0 Å². The molecule has 0 atom stereocenters. The summed E-state index contributed by atoms with van der Waals surface area (Å²) in [6, 6.07) is 22.0. The third-order valence-electron chi connectivity index (χ3n) is 4.42. The Kier molecular flexibility index (Phi) is 4.72. The lowest BCUT2D eigenvalue weighted by atomic mass is 10.1. The molecule has 1 aromatic heterocycles. The summed E-state index contributed by atoms with van der Waals surface area (Å²) < 4.78 is 16.5. The molecule has 0 radical (unpaired) electrons. The van der Waals surface area contributed by atoms with Crippen LogP contribution in [0.4, 0.5) is 5.69 Å². The third kappa shape index (κ3) is 3.55. The number of methoxy groups -OCH3 is 2. The van der Waals surface area contributed by atoms with Crippen molar-refractivity contribution >= 4 is 16.7 Å². The lowest BCUT2D eigenvalue weighted by molar-refractivity contribution is 0.414. The van der Waals surface area contributed by atoms with Gasteiger partial charge in [0, 0.05) is 17.0 Å². The third-order valence-corrected chi connectivity index (χ3v) is 4.42. The first-order valence-electron chi connectivity index (χ1n) is 8.76. The first-order valence-corrected chi connectivity index (χ1v) is 8.76. The van der Waals surface area contributed by atoms with Gasteiger partial charge in [0.15, 0.2) is 0 Å². The fraction of sp³-hybridized carbons (Fsp3) is 0.0870. The number of aromatic hydroxyl groups is 1. The zero-order chi connectivity index (χ0) is 19.5. The minimum absolute atomic E-state index is 0.158. The molecule has 5 heteroatoms. The monoisotopic (exact) mass is 373 g/mol. The van der Waals surface area contributed by atoms with E-state index in [1.165, 1.54) is 0 Å². The van der Waals surface area contributed by atoms with Crippen LogP contribution in [-0.4, -0.2) is 19.3 Å². The van der Waals surface area contributed by atoms with Crippen molar-refractivity contribution in [3.05, 3.63) is 78.2 Å². The van der Waals surface area contributed by atoms with Crippen LogP contribution in [0, 0.1) is 0 Å². The van der Waals surface area contributed by atoms with Crippen LogP contribution in [0.1, 0.15) is 0 Å². The molecule has 0 unspecified atom stereocenters. The topological polar surface area (TPSA) is 64.2 Å². The van der Waals surface area contributed by atoms with Crippen molar-refractivity contribution in [1.82, 2.24) is 0 Å². The van der Waals surface area contributed by atoms with E-state index < -0.39 is 0 Å². The van der Waals surface area contributed by atoms with Crippen LogP contribution in [-0.2, 0) is 0 Å². The number of hydrogen-bond acceptors (Lipinski definition) is 5. The molecule has 0 saturated carbocycles. The van der Waals surface area contributed by atoms with E-state index in [2.05, 4.69) is 0 Å². The van der Waals surface area contributed by atoms with Crippen molar-refractivity contribution in [2.75, 3.05) is 14.2 Å². The van der Waals surface area contributed by atoms with E-state index in [4.69, 9.17) is 18.9 Å². The first-order chi connectivity index (χ1) is 13.7. The molecular weight excluding hydrogens is 354 g/mol. The van der Waals surface area contributed by atoms with E-state index in [0.29, 0.717) is 16.7 Å². The molecule has 0 spiro atoms. The Bertz CT molecular complexity index is 1180. The number of nitrogens with zero attached hydrogens (tertiary/aromatic N) is 1. The number of fused-ring (bicyclic) bond motifs is 1. The minimum Gasteiger partial charge on any atom is -0.508 e. The van der Waals surface area contributed by atoms with Crippen molar-refractivity contribution in [2.45, 2.75) is 0 Å². The smallest absolute Gasteiger partial charge is 0.137 e.